The van der Waals surface area contributed by atoms with E-state index in [-0.39, 0.29) is 11.8 Å². The maximum atomic E-state index is 12.8. The Balaban J connectivity index is 1.66. The molecular weight excluding hydrogens is 326 g/mol. The van der Waals surface area contributed by atoms with Crippen LogP contribution in [0.3, 0.4) is 0 Å². The van der Waals surface area contributed by atoms with Gasteiger partial charge in [-0.15, -0.1) is 0 Å². The molecule has 0 unspecified atom stereocenters. The van der Waals surface area contributed by atoms with Gasteiger partial charge in [0.2, 0.25) is 0 Å². The molecule has 136 valence electrons. The van der Waals surface area contributed by atoms with E-state index in [4.69, 9.17) is 0 Å². The largest absolute Gasteiger partial charge is 0.351 e. The molecule has 0 fully saturated rings. The number of hydrogen-bond acceptors (Lipinski definition) is 3. The Bertz CT molecular complexity index is 788. The molecule has 0 spiro atoms. The van der Waals surface area contributed by atoms with E-state index in [9.17, 15) is 9.59 Å². The quantitative estimate of drug-likeness (QED) is 0.813. The molecule has 1 N–H and O–H groups in total. The van der Waals surface area contributed by atoms with Crippen molar-refractivity contribution in [3.8, 4) is 0 Å². The molecule has 5 nitrogen and oxygen atoms in total. The van der Waals surface area contributed by atoms with E-state index in [2.05, 4.69) is 29.4 Å². The molecular formula is C21H25N3O2. The number of nitrogens with one attached hydrogen (secondary N) is 1. The van der Waals surface area contributed by atoms with Crippen molar-refractivity contribution in [1.82, 2.24) is 15.2 Å². The van der Waals surface area contributed by atoms with Gasteiger partial charge in [0.05, 0.1) is 0 Å². The summed E-state index contributed by atoms with van der Waals surface area (Å²) < 4.78 is 0. The summed E-state index contributed by atoms with van der Waals surface area (Å²) in [4.78, 5) is 31.1. The monoisotopic (exact) mass is 351 g/mol. The normalized spacial score (nSPS) is 13.2. The van der Waals surface area contributed by atoms with Gasteiger partial charge in [-0.2, -0.15) is 0 Å². The Hall–Kier alpha value is -2.69. The van der Waals surface area contributed by atoms with Gasteiger partial charge < -0.3 is 10.2 Å². The molecule has 0 bridgehead atoms. The summed E-state index contributed by atoms with van der Waals surface area (Å²) >= 11 is 0. The lowest BCUT2D eigenvalue weighted by Gasteiger charge is -2.28. The fraction of sp³-hybridized carbons (Fsp3) is 0.381. The highest BCUT2D eigenvalue weighted by Gasteiger charge is 2.23. The Labute approximate surface area is 154 Å². The minimum Gasteiger partial charge on any atom is -0.351 e. The van der Waals surface area contributed by atoms with Gasteiger partial charge >= 0.3 is 0 Å². The second-order valence-corrected chi connectivity index (χ2v) is 6.62. The van der Waals surface area contributed by atoms with E-state index in [0.29, 0.717) is 31.0 Å². The summed E-state index contributed by atoms with van der Waals surface area (Å²) in [6.45, 7) is 4.02. The summed E-state index contributed by atoms with van der Waals surface area (Å²) in [5, 5.41) is 2.87. The second kappa shape index (κ2) is 8.61. The first-order valence-electron chi connectivity index (χ1n) is 9.30. The number of unbranched alkanes of at least 4 members (excludes halogenated alkanes) is 2. The zero-order chi connectivity index (χ0) is 18.4. The predicted molar refractivity (Wildman–Crippen MR) is 101 cm³/mol. The van der Waals surface area contributed by atoms with Crippen LogP contribution in [0.5, 0.6) is 0 Å². The number of benzene rings is 1. The van der Waals surface area contributed by atoms with Crippen LogP contribution in [0.15, 0.2) is 42.5 Å². The van der Waals surface area contributed by atoms with E-state index < -0.39 is 0 Å². The van der Waals surface area contributed by atoms with Crippen LogP contribution in [0.1, 0.15) is 58.3 Å². The first-order chi connectivity index (χ1) is 12.7. The van der Waals surface area contributed by atoms with Crippen LogP contribution in [0, 0.1) is 0 Å². The Morgan fingerprint density at radius 2 is 1.81 bits per heavy atom. The van der Waals surface area contributed by atoms with E-state index in [0.717, 1.165) is 25.7 Å². The highest BCUT2D eigenvalue weighted by molar-refractivity contribution is 5.96. The van der Waals surface area contributed by atoms with Crippen molar-refractivity contribution in [2.45, 2.75) is 39.2 Å². The van der Waals surface area contributed by atoms with E-state index in [1.165, 1.54) is 11.1 Å². The molecule has 1 aromatic carbocycles. The molecule has 3 rings (SSSR count). The number of fused-ring (bicyclic) bond motifs is 1. The minimum absolute atomic E-state index is 0.125. The number of amides is 2. The molecule has 0 aliphatic carbocycles. The molecule has 2 aromatic rings. The van der Waals surface area contributed by atoms with Crippen LogP contribution >= 0.6 is 0 Å². The number of hydrogen-bond donors (Lipinski definition) is 1. The zero-order valence-corrected chi connectivity index (χ0v) is 15.2. The van der Waals surface area contributed by atoms with Crippen LogP contribution in [0.25, 0.3) is 0 Å². The fourth-order valence-electron chi connectivity index (χ4n) is 3.18. The minimum atomic E-state index is -0.222. The van der Waals surface area contributed by atoms with Crippen LogP contribution in [0.4, 0.5) is 0 Å². The molecule has 1 aromatic heterocycles. The average Bonchev–Trinajstić information content (AvgIpc) is 2.70. The number of nitrogens with zero attached hydrogens (tertiary/aromatic N) is 2. The molecule has 26 heavy (non-hydrogen) atoms. The van der Waals surface area contributed by atoms with Crippen LogP contribution in [0.2, 0.25) is 0 Å². The third-order valence-corrected chi connectivity index (χ3v) is 4.68. The first-order valence-corrected chi connectivity index (χ1v) is 9.30. The van der Waals surface area contributed by atoms with Crippen molar-refractivity contribution in [2.75, 3.05) is 13.1 Å². The SMILES string of the molecule is CCCCCNC(=O)c1cccc(C(=O)N2CCc3ccccc3C2)n1. The van der Waals surface area contributed by atoms with Gasteiger partial charge in [0.15, 0.2) is 0 Å². The van der Waals surface area contributed by atoms with Gasteiger partial charge in [-0.05, 0) is 36.1 Å². The molecule has 5 heteroatoms. The van der Waals surface area contributed by atoms with Gasteiger partial charge in [-0.1, -0.05) is 50.1 Å². The van der Waals surface area contributed by atoms with Crippen molar-refractivity contribution < 1.29 is 9.59 Å². The number of aromatic nitrogens is 1. The zero-order valence-electron chi connectivity index (χ0n) is 15.2. The van der Waals surface area contributed by atoms with Crippen LogP contribution in [-0.2, 0) is 13.0 Å². The highest BCUT2D eigenvalue weighted by Crippen LogP contribution is 2.20. The van der Waals surface area contributed by atoms with E-state index >= 15 is 0 Å². The number of carbonyl (C=O) groups is 2. The average molecular weight is 351 g/mol. The third-order valence-electron chi connectivity index (χ3n) is 4.68. The molecule has 1 aliphatic rings. The van der Waals surface area contributed by atoms with Crippen LogP contribution < -0.4 is 5.32 Å². The van der Waals surface area contributed by atoms with Crippen molar-refractivity contribution in [3.05, 3.63) is 65.0 Å². The Morgan fingerprint density at radius 1 is 1.04 bits per heavy atom. The fourth-order valence-corrected chi connectivity index (χ4v) is 3.18. The van der Waals surface area contributed by atoms with Gasteiger partial charge in [-0.3, -0.25) is 9.59 Å². The number of pyridine rings is 1. The van der Waals surface area contributed by atoms with Crippen molar-refractivity contribution in [2.24, 2.45) is 0 Å². The van der Waals surface area contributed by atoms with Gasteiger partial charge in [0, 0.05) is 19.6 Å². The maximum Gasteiger partial charge on any atom is 0.272 e. The third kappa shape index (κ3) is 4.28. The molecule has 0 saturated heterocycles. The Kier molecular flexibility index (Phi) is 6.00. The molecule has 0 saturated carbocycles. The molecule has 2 amide bonds. The number of carbonyl (C=O) groups excluding carboxylic acids is 2. The molecule has 0 atom stereocenters. The van der Waals surface area contributed by atoms with Gasteiger partial charge in [0.1, 0.15) is 11.4 Å². The predicted octanol–water partition coefficient (Wildman–Crippen LogP) is 3.20. The summed E-state index contributed by atoms with van der Waals surface area (Å²) in [5.41, 5.74) is 3.09. The van der Waals surface area contributed by atoms with Gasteiger partial charge in [-0.25, -0.2) is 4.98 Å². The first kappa shape index (κ1) is 18.1. The smallest absolute Gasteiger partial charge is 0.272 e. The molecule has 2 heterocycles. The lowest BCUT2D eigenvalue weighted by Crippen LogP contribution is -2.36. The van der Waals surface area contributed by atoms with E-state index in [1.54, 1.807) is 23.1 Å². The standard InChI is InChI=1S/C21H25N3O2/c1-2-3-6-13-22-20(25)18-10-7-11-19(23-18)21(26)24-14-12-16-8-4-5-9-17(16)15-24/h4-5,7-11H,2-3,6,12-15H2,1H3,(H,22,25). The highest BCUT2D eigenvalue weighted by atomic mass is 16.2. The van der Waals surface area contributed by atoms with Crippen molar-refractivity contribution in [1.29, 1.82) is 0 Å². The van der Waals surface area contributed by atoms with Gasteiger partial charge in [0.25, 0.3) is 11.8 Å². The summed E-state index contributed by atoms with van der Waals surface area (Å²) in [6, 6.07) is 13.2. The van der Waals surface area contributed by atoms with Crippen molar-refractivity contribution >= 4 is 11.8 Å². The van der Waals surface area contributed by atoms with Crippen molar-refractivity contribution in [3.63, 3.8) is 0 Å². The molecule has 0 radical (unpaired) electrons. The second-order valence-electron chi connectivity index (χ2n) is 6.62. The maximum absolute atomic E-state index is 12.8. The lowest BCUT2D eigenvalue weighted by atomic mass is 10.00. The van der Waals surface area contributed by atoms with Crippen LogP contribution in [-0.4, -0.2) is 34.8 Å². The summed E-state index contributed by atoms with van der Waals surface area (Å²) in [5.74, 6) is -0.347. The topological polar surface area (TPSA) is 62.3 Å². The lowest BCUT2D eigenvalue weighted by molar-refractivity contribution is 0.0728. The molecule has 1 aliphatic heterocycles. The summed E-state index contributed by atoms with van der Waals surface area (Å²) in [6.07, 6.45) is 3.99. The number of rotatable bonds is 6. The summed E-state index contributed by atoms with van der Waals surface area (Å²) in [7, 11) is 0. The Morgan fingerprint density at radius 3 is 2.62 bits per heavy atom. The van der Waals surface area contributed by atoms with E-state index in [1.807, 2.05) is 12.1 Å².